The maximum atomic E-state index is 14.1. The van der Waals surface area contributed by atoms with Gasteiger partial charge in [0.25, 0.3) is 5.56 Å². The highest BCUT2D eigenvalue weighted by molar-refractivity contribution is 5.69. The molecule has 0 radical (unpaired) electrons. The molecular weight excluding hydrogens is 622 g/mol. The first-order valence-corrected chi connectivity index (χ1v) is 21.4. The summed E-state index contributed by atoms with van der Waals surface area (Å²) in [6.45, 7) is 8.28. The first-order chi connectivity index (χ1) is 24.3. The van der Waals surface area contributed by atoms with E-state index in [0.29, 0.717) is 11.2 Å². The van der Waals surface area contributed by atoms with E-state index in [-0.39, 0.29) is 23.5 Å². The third-order valence-electron chi connectivity index (χ3n) is 10.8. The quantitative estimate of drug-likeness (QED) is 0.0749. The van der Waals surface area contributed by atoms with E-state index in [0.717, 1.165) is 70.9 Å². The van der Waals surface area contributed by atoms with Gasteiger partial charge in [0.2, 0.25) is 0 Å². The molecule has 2 aromatic rings. The zero-order chi connectivity index (χ0) is 36.4. The van der Waals surface area contributed by atoms with Crippen LogP contribution in [0.1, 0.15) is 207 Å². The standard InChI is InChI=1S/C42H79N5O3/c1-6-8-10-12-14-16-18-22-26-30-34-46(35-31-27-23-19-17-15-13-11-9-7-2)38(33-29-25-21-20-24-28-32-37(3)48)47-41(49)39-40(43-36-44(39)4)45(5)42(47)50/h36-38,48H,6-35H2,1-5H3. The molecule has 2 rings (SSSR count). The number of hydrogen-bond acceptors (Lipinski definition) is 5. The predicted octanol–water partition coefficient (Wildman–Crippen LogP) is 10.6. The van der Waals surface area contributed by atoms with E-state index in [1.54, 1.807) is 27.1 Å². The summed E-state index contributed by atoms with van der Waals surface area (Å²) in [7, 11) is 3.61. The maximum absolute atomic E-state index is 14.1. The lowest BCUT2D eigenvalue weighted by Gasteiger charge is -2.33. The molecule has 8 heteroatoms. The number of aliphatic hydroxyl groups is 1. The van der Waals surface area contributed by atoms with Crippen molar-refractivity contribution in [1.82, 2.24) is 23.6 Å². The summed E-state index contributed by atoms with van der Waals surface area (Å²) in [6.07, 6.45) is 35.5. The van der Waals surface area contributed by atoms with Gasteiger partial charge in [-0.25, -0.2) is 14.3 Å². The molecule has 1 N–H and O–H groups in total. The Bertz CT molecular complexity index is 1210. The van der Waals surface area contributed by atoms with Crippen molar-refractivity contribution in [2.24, 2.45) is 14.1 Å². The van der Waals surface area contributed by atoms with E-state index in [4.69, 9.17) is 0 Å². The van der Waals surface area contributed by atoms with Crippen LogP contribution in [-0.2, 0) is 14.1 Å². The Morgan fingerprint density at radius 3 is 1.46 bits per heavy atom. The molecule has 2 unspecified atom stereocenters. The molecule has 0 saturated heterocycles. The monoisotopic (exact) mass is 702 g/mol. The second-order valence-corrected chi connectivity index (χ2v) is 15.5. The summed E-state index contributed by atoms with van der Waals surface area (Å²) >= 11 is 0. The number of aliphatic hydroxyl groups excluding tert-OH is 1. The molecule has 0 saturated carbocycles. The van der Waals surface area contributed by atoms with Crippen LogP contribution in [-0.4, -0.2) is 47.9 Å². The first kappa shape index (κ1) is 44.2. The minimum Gasteiger partial charge on any atom is -0.393 e. The number of imidazole rings is 1. The summed E-state index contributed by atoms with van der Waals surface area (Å²) in [5, 5.41) is 9.59. The Kier molecular flexibility index (Phi) is 24.5. The van der Waals surface area contributed by atoms with Gasteiger partial charge >= 0.3 is 5.69 Å². The minimum atomic E-state index is -0.250. The van der Waals surface area contributed by atoms with Crippen LogP contribution in [0.15, 0.2) is 15.9 Å². The molecule has 0 amide bonds. The molecule has 0 aromatic carbocycles. The van der Waals surface area contributed by atoms with Crippen molar-refractivity contribution in [1.29, 1.82) is 0 Å². The van der Waals surface area contributed by atoms with E-state index >= 15 is 0 Å². The first-order valence-electron chi connectivity index (χ1n) is 21.4. The number of aryl methyl sites for hydroxylation is 2. The second-order valence-electron chi connectivity index (χ2n) is 15.5. The van der Waals surface area contributed by atoms with Crippen LogP contribution >= 0.6 is 0 Å². The molecule has 2 aromatic heterocycles. The molecule has 2 atom stereocenters. The van der Waals surface area contributed by atoms with Gasteiger partial charge in [-0.15, -0.1) is 0 Å². The summed E-state index contributed by atoms with van der Waals surface area (Å²) < 4.78 is 4.93. The van der Waals surface area contributed by atoms with Crippen molar-refractivity contribution in [2.45, 2.75) is 213 Å². The predicted molar refractivity (Wildman–Crippen MR) is 213 cm³/mol. The Morgan fingerprint density at radius 1 is 0.620 bits per heavy atom. The van der Waals surface area contributed by atoms with E-state index in [2.05, 4.69) is 23.7 Å². The van der Waals surface area contributed by atoms with Crippen LogP contribution in [0.2, 0.25) is 0 Å². The third kappa shape index (κ3) is 17.1. The molecule has 0 fully saturated rings. The Hall–Kier alpha value is -1.93. The summed E-state index contributed by atoms with van der Waals surface area (Å²) in [5.74, 6) is 0. The average molecular weight is 702 g/mol. The Balaban J connectivity index is 2.13. The van der Waals surface area contributed by atoms with Gasteiger partial charge in [-0.05, 0) is 32.6 Å². The molecule has 0 aliphatic rings. The lowest BCUT2D eigenvalue weighted by Crippen LogP contribution is -2.48. The van der Waals surface area contributed by atoms with Crippen LogP contribution < -0.4 is 11.2 Å². The lowest BCUT2D eigenvalue weighted by atomic mass is 10.0. The van der Waals surface area contributed by atoms with Crippen molar-refractivity contribution in [2.75, 3.05) is 13.1 Å². The fraction of sp³-hybridized carbons (Fsp3) is 0.881. The van der Waals surface area contributed by atoms with E-state index < -0.39 is 0 Å². The largest absolute Gasteiger partial charge is 0.393 e. The summed E-state index contributed by atoms with van der Waals surface area (Å²) in [6, 6.07) is 0. The molecule has 50 heavy (non-hydrogen) atoms. The summed E-state index contributed by atoms with van der Waals surface area (Å²) in [4.78, 5) is 35.0. The molecule has 2 heterocycles. The van der Waals surface area contributed by atoms with Crippen molar-refractivity contribution < 1.29 is 5.11 Å². The molecule has 290 valence electrons. The molecule has 0 bridgehead atoms. The van der Waals surface area contributed by atoms with Gasteiger partial charge in [-0.3, -0.25) is 14.3 Å². The van der Waals surface area contributed by atoms with Crippen molar-refractivity contribution in [3.05, 3.63) is 27.2 Å². The van der Waals surface area contributed by atoms with Crippen LogP contribution in [0.4, 0.5) is 0 Å². The SMILES string of the molecule is CCCCCCCCCCCCN(CCCCCCCCCCCC)C(CCCCCCCCC(C)O)n1c(=O)c2c(ncn2C)n(C)c1=O. The fourth-order valence-electron chi connectivity index (χ4n) is 7.59. The highest BCUT2D eigenvalue weighted by Gasteiger charge is 2.26. The second kappa shape index (κ2) is 27.7. The van der Waals surface area contributed by atoms with Gasteiger partial charge in [0, 0.05) is 27.2 Å². The molecule has 8 nitrogen and oxygen atoms in total. The lowest BCUT2D eigenvalue weighted by molar-refractivity contribution is 0.113. The number of fused-ring (bicyclic) bond motifs is 1. The van der Waals surface area contributed by atoms with E-state index in [1.807, 2.05) is 14.0 Å². The zero-order valence-electron chi connectivity index (χ0n) is 33.4. The topological polar surface area (TPSA) is 85.3 Å². The van der Waals surface area contributed by atoms with Gasteiger partial charge < -0.3 is 9.67 Å². The van der Waals surface area contributed by atoms with Crippen LogP contribution in [0, 0.1) is 0 Å². The van der Waals surface area contributed by atoms with Crippen LogP contribution in [0.3, 0.4) is 0 Å². The average Bonchev–Trinajstić information content (AvgIpc) is 3.49. The Morgan fingerprint density at radius 2 is 1.02 bits per heavy atom. The minimum absolute atomic E-state index is 0.206. The zero-order valence-corrected chi connectivity index (χ0v) is 33.4. The smallest absolute Gasteiger partial charge is 0.333 e. The maximum Gasteiger partial charge on any atom is 0.333 e. The normalized spacial score (nSPS) is 13.2. The van der Waals surface area contributed by atoms with Gasteiger partial charge in [0.1, 0.15) is 0 Å². The molecular formula is C42H79N5O3. The van der Waals surface area contributed by atoms with Crippen molar-refractivity contribution >= 4 is 11.2 Å². The highest BCUT2D eigenvalue weighted by atomic mass is 16.3. The van der Waals surface area contributed by atoms with Crippen LogP contribution in [0.25, 0.3) is 11.2 Å². The van der Waals surface area contributed by atoms with Gasteiger partial charge in [-0.2, -0.15) is 0 Å². The number of aromatic nitrogens is 4. The van der Waals surface area contributed by atoms with Crippen molar-refractivity contribution in [3.8, 4) is 0 Å². The van der Waals surface area contributed by atoms with Crippen molar-refractivity contribution in [3.63, 3.8) is 0 Å². The van der Waals surface area contributed by atoms with Gasteiger partial charge in [-0.1, -0.05) is 168 Å². The molecule has 0 aliphatic carbocycles. The van der Waals surface area contributed by atoms with E-state index in [9.17, 15) is 14.7 Å². The van der Waals surface area contributed by atoms with Crippen LogP contribution in [0.5, 0.6) is 0 Å². The number of nitrogens with zero attached hydrogens (tertiary/aromatic N) is 5. The molecule has 0 spiro atoms. The number of rotatable bonds is 33. The summed E-state index contributed by atoms with van der Waals surface area (Å²) in [5.41, 5.74) is 0.515. The number of hydrogen-bond donors (Lipinski definition) is 1. The third-order valence-corrected chi connectivity index (χ3v) is 10.8. The molecule has 0 aliphatic heterocycles. The van der Waals surface area contributed by atoms with Gasteiger partial charge in [0.15, 0.2) is 11.2 Å². The Labute approximate surface area is 306 Å². The van der Waals surface area contributed by atoms with Gasteiger partial charge in [0.05, 0.1) is 18.6 Å². The number of unbranched alkanes of at least 4 members (excludes halogenated alkanes) is 23. The highest BCUT2D eigenvalue weighted by Crippen LogP contribution is 2.23. The fourth-order valence-corrected chi connectivity index (χ4v) is 7.59. The van der Waals surface area contributed by atoms with E-state index in [1.165, 1.54) is 122 Å².